The van der Waals surface area contributed by atoms with Crippen LogP contribution in [-0.4, -0.2) is 18.7 Å². The lowest BCUT2D eigenvalue weighted by molar-refractivity contribution is 0.418. The average Bonchev–Trinajstić information content (AvgIpc) is 3.97. The smallest absolute Gasteiger partial charge is 0.170 e. The van der Waals surface area contributed by atoms with Gasteiger partial charge in [-0.25, -0.2) is 0 Å². The van der Waals surface area contributed by atoms with Crippen molar-refractivity contribution in [3.63, 3.8) is 0 Å². The Labute approximate surface area is 335 Å². The summed E-state index contributed by atoms with van der Waals surface area (Å²) >= 11 is 0. The van der Waals surface area contributed by atoms with Crippen LogP contribution in [0.4, 0.5) is 11.4 Å². The van der Waals surface area contributed by atoms with E-state index >= 15 is 0 Å². The van der Waals surface area contributed by atoms with Gasteiger partial charge in [0.2, 0.25) is 0 Å². The molecule has 0 fully saturated rings. The van der Waals surface area contributed by atoms with Gasteiger partial charge in [-0.3, -0.25) is 4.48 Å². The minimum Gasteiger partial charge on any atom is -0.459 e. The van der Waals surface area contributed by atoms with Gasteiger partial charge >= 0.3 is 0 Å². The molecule has 0 radical (unpaired) electrons. The summed E-state index contributed by atoms with van der Waals surface area (Å²) in [5.41, 5.74) is 16.2. The maximum Gasteiger partial charge on any atom is 0.170 e. The van der Waals surface area contributed by atoms with E-state index in [0.29, 0.717) is 4.48 Å². The molecule has 276 valence electrons. The average molecular weight is 748 g/mol. The first-order chi connectivity index (χ1) is 28.3. The zero-order valence-electron chi connectivity index (χ0n) is 32.9. The van der Waals surface area contributed by atoms with Gasteiger partial charge < -0.3 is 13.4 Å². The minimum absolute atomic E-state index is 0.407. The van der Waals surface area contributed by atoms with Crippen molar-refractivity contribution in [2.24, 2.45) is 7.05 Å². The van der Waals surface area contributed by atoms with E-state index in [1.54, 1.807) is 0 Å². The van der Waals surface area contributed by atoms with Crippen LogP contribution in [0.25, 0.3) is 98.7 Å². The summed E-state index contributed by atoms with van der Waals surface area (Å²) in [6.45, 7) is 2.40. The van der Waals surface area contributed by atoms with Crippen LogP contribution in [0.15, 0.2) is 160 Å². The molecule has 1 aliphatic carbocycles. The number of aromatic nitrogens is 1. The third-order valence-electron chi connectivity index (χ3n) is 13.8. The first-order valence-corrected chi connectivity index (χ1v) is 20.3. The van der Waals surface area contributed by atoms with Gasteiger partial charge in [0.15, 0.2) is 5.69 Å². The number of fused-ring (bicyclic) bond motifs is 17. The molecule has 0 saturated heterocycles. The van der Waals surface area contributed by atoms with Crippen molar-refractivity contribution in [2.45, 2.75) is 18.8 Å². The summed E-state index contributed by atoms with van der Waals surface area (Å²) in [7, 11) is 7.04. The molecule has 2 aliphatic rings. The Kier molecular flexibility index (Phi) is 6.08. The van der Waals surface area contributed by atoms with E-state index in [-0.39, 0.29) is 0 Å². The predicted molar refractivity (Wildman–Crippen MR) is 241 cm³/mol. The van der Waals surface area contributed by atoms with Crippen molar-refractivity contribution in [1.82, 2.24) is 9.05 Å². The third kappa shape index (κ3) is 3.88. The van der Waals surface area contributed by atoms with Crippen LogP contribution in [0.2, 0.25) is 0 Å². The van der Waals surface area contributed by atoms with Crippen molar-refractivity contribution < 1.29 is 8.83 Å². The Morgan fingerprint density at radius 1 is 0.552 bits per heavy atom. The van der Waals surface area contributed by atoms with Gasteiger partial charge in [0.25, 0.3) is 0 Å². The normalized spacial score (nSPS) is 16.8. The molecule has 0 bridgehead atoms. The highest BCUT2D eigenvalue weighted by molar-refractivity contribution is 6.25. The van der Waals surface area contributed by atoms with Gasteiger partial charge in [-0.2, -0.15) is 0 Å². The zero-order chi connectivity index (χ0) is 38.7. The number of para-hydroxylation sites is 2. The highest BCUT2D eigenvalue weighted by atomic mass is 16.3. The minimum atomic E-state index is -0.407. The molecule has 1 atom stereocenters. The summed E-state index contributed by atoms with van der Waals surface area (Å²) in [4.78, 5) is 0. The summed E-state index contributed by atoms with van der Waals surface area (Å²) < 4.78 is 17.1. The second kappa shape index (κ2) is 10.9. The standard InChI is InChI=1S/C54H39N2O2/c1-54(41-24-14-18-32-16-6-8-20-34(32)41)30-42-46(49-37-22-10-12-26-45(37)58-53(49)54)38-27-28-39-47-43(56(3,4)51(39)50(38)55(42)2)29-40(35-23-13-17-31-15-5-7-19-33(31)35)52-48(47)36-21-9-11-25-44(36)57-52/h5-29H,30H2,1-4H3/q+1. The fourth-order valence-corrected chi connectivity index (χ4v) is 11.2. The summed E-state index contributed by atoms with van der Waals surface area (Å²) in [5, 5.41) is 9.74. The molecule has 3 aromatic heterocycles. The second-order valence-corrected chi connectivity index (χ2v) is 17.2. The number of quaternary nitrogens is 1. The monoisotopic (exact) mass is 747 g/mol. The van der Waals surface area contributed by atoms with Crippen LogP contribution in [0.3, 0.4) is 0 Å². The molecule has 0 N–H and O–H groups in total. The SMILES string of the molecule is Cn1c2c(c3ccc4c(c31)[N+](C)(C)c1cc(-c3cccc5ccccc35)c3oc5ccccc5c3c1-4)-c1c(oc3ccccc13)C(C)(c1cccc3ccccc13)C2. The molecule has 4 heterocycles. The molecule has 8 aromatic carbocycles. The molecule has 4 heteroatoms. The van der Waals surface area contributed by atoms with Crippen LogP contribution in [0.1, 0.15) is 23.9 Å². The molecule has 11 aromatic rings. The molecule has 0 spiro atoms. The van der Waals surface area contributed by atoms with Crippen molar-refractivity contribution in [3.05, 3.63) is 169 Å². The Hall–Kier alpha value is -6.88. The lowest BCUT2D eigenvalue weighted by Gasteiger charge is -2.34. The lowest BCUT2D eigenvalue weighted by atomic mass is 9.69. The lowest BCUT2D eigenvalue weighted by Crippen LogP contribution is -2.33. The van der Waals surface area contributed by atoms with Crippen molar-refractivity contribution >= 4 is 76.7 Å². The fourth-order valence-electron chi connectivity index (χ4n) is 11.2. The molecule has 4 nitrogen and oxygen atoms in total. The summed E-state index contributed by atoms with van der Waals surface area (Å²) in [6, 6.07) is 55.2. The summed E-state index contributed by atoms with van der Waals surface area (Å²) in [5.74, 6) is 1.05. The number of benzene rings is 8. The van der Waals surface area contributed by atoms with E-state index in [1.807, 2.05) is 0 Å². The van der Waals surface area contributed by atoms with E-state index in [2.05, 4.69) is 184 Å². The number of aryl methyl sites for hydroxylation is 1. The third-order valence-corrected chi connectivity index (χ3v) is 13.8. The van der Waals surface area contributed by atoms with E-state index in [9.17, 15) is 0 Å². The quantitative estimate of drug-likeness (QED) is 0.165. The van der Waals surface area contributed by atoms with E-state index < -0.39 is 5.41 Å². The van der Waals surface area contributed by atoms with E-state index in [1.165, 1.54) is 93.7 Å². The maximum absolute atomic E-state index is 7.05. The Balaban J connectivity index is 1.13. The van der Waals surface area contributed by atoms with Crippen molar-refractivity contribution in [2.75, 3.05) is 14.1 Å². The molecular weight excluding hydrogens is 709 g/mol. The number of rotatable bonds is 2. The van der Waals surface area contributed by atoms with E-state index in [0.717, 1.165) is 39.9 Å². The predicted octanol–water partition coefficient (Wildman–Crippen LogP) is 14.2. The number of furan rings is 2. The van der Waals surface area contributed by atoms with Crippen LogP contribution in [-0.2, 0) is 18.9 Å². The van der Waals surface area contributed by atoms with Gasteiger partial charge in [0, 0.05) is 63.5 Å². The van der Waals surface area contributed by atoms with Crippen LogP contribution in [0, 0.1) is 0 Å². The molecule has 1 unspecified atom stereocenters. The van der Waals surface area contributed by atoms with Gasteiger partial charge in [0.05, 0.1) is 30.6 Å². The largest absolute Gasteiger partial charge is 0.459 e. The highest BCUT2D eigenvalue weighted by Crippen LogP contribution is 2.62. The highest BCUT2D eigenvalue weighted by Gasteiger charge is 2.47. The Morgan fingerprint density at radius 2 is 1.19 bits per heavy atom. The van der Waals surface area contributed by atoms with Gasteiger partial charge in [-0.15, -0.1) is 0 Å². The van der Waals surface area contributed by atoms with Crippen LogP contribution >= 0.6 is 0 Å². The van der Waals surface area contributed by atoms with Gasteiger partial charge in [-0.05, 0) is 57.8 Å². The van der Waals surface area contributed by atoms with Gasteiger partial charge in [-0.1, -0.05) is 127 Å². The number of hydrogen-bond donors (Lipinski definition) is 0. The molecule has 1 aliphatic heterocycles. The Bertz CT molecular complexity index is 3600. The number of nitrogens with zero attached hydrogens (tertiary/aromatic N) is 2. The first-order valence-electron chi connectivity index (χ1n) is 20.3. The molecule has 0 saturated carbocycles. The summed E-state index contributed by atoms with van der Waals surface area (Å²) in [6.07, 6.45) is 0.811. The molecule has 0 amide bonds. The Morgan fingerprint density at radius 3 is 1.98 bits per heavy atom. The van der Waals surface area contributed by atoms with Crippen LogP contribution in [0.5, 0.6) is 0 Å². The zero-order valence-corrected chi connectivity index (χ0v) is 32.9. The maximum atomic E-state index is 7.05. The molecule has 58 heavy (non-hydrogen) atoms. The van der Waals surface area contributed by atoms with Crippen LogP contribution < -0.4 is 4.48 Å². The topological polar surface area (TPSA) is 31.2 Å². The van der Waals surface area contributed by atoms with Crippen molar-refractivity contribution in [3.8, 4) is 33.4 Å². The molecule has 13 rings (SSSR count). The van der Waals surface area contributed by atoms with Crippen molar-refractivity contribution in [1.29, 1.82) is 0 Å². The number of hydrogen-bond acceptors (Lipinski definition) is 2. The first kappa shape index (κ1) is 32.2. The van der Waals surface area contributed by atoms with E-state index in [4.69, 9.17) is 8.83 Å². The fraction of sp³-hybridized carbons (Fsp3) is 0.111. The molecular formula is C54H39N2O2+. The van der Waals surface area contributed by atoms with Gasteiger partial charge in [0.1, 0.15) is 33.7 Å². The second-order valence-electron chi connectivity index (χ2n) is 17.2.